The highest BCUT2D eigenvalue weighted by Crippen LogP contribution is 2.33. The molecule has 18 heavy (non-hydrogen) atoms. The molecule has 1 heterocycles. The Morgan fingerprint density at radius 3 is 2.61 bits per heavy atom. The minimum absolute atomic E-state index is 0.333. The number of hydrogen-bond acceptors (Lipinski definition) is 3. The third kappa shape index (κ3) is 2.60. The lowest BCUT2D eigenvalue weighted by molar-refractivity contribution is 0.398. The molecule has 0 radical (unpaired) electrons. The first-order valence-corrected chi connectivity index (χ1v) is 6.65. The highest BCUT2D eigenvalue weighted by atomic mass is 79.9. The molecule has 3 nitrogen and oxygen atoms in total. The lowest BCUT2D eigenvalue weighted by Gasteiger charge is -2.14. The molecule has 1 atom stereocenters. The SMILES string of the molecule is COc1cc(F)c(Br)cc1C(N)c1ccc(Br)o1. The first-order valence-electron chi connectivity index (χ1n) is 5.06. The van der Waals surface area contributed by atoms with E-state index in [2.05, 4.69) is 31.9 Å². The first-order chi connectivity index (χ1) is 8.52. The summed E-state index contributed by atoms with van der Waals surface area (Å²) in [5, 5.41) is 0. The van der Waals surface area contributed by atoms with Gasteiger partial charge in [0.05, 0.1) is 17.6 Å². The quantitative estimate of drug-likeness (QED) is 0.878. The highest BCUT2D eigenvalue weighted by Gasteiger charge is 2.19. The van der Waals surface area contributed by atoms with Crippen molar-refractivity contribution in [3.8, 4) is 5.75 Å². The van der Waals surface area contributed by atoms with E-state index in [0.717, 1.165) is 0 Å². The summed E-state index contributed by atoms with van der Waals surface area (Å²) < 4.78 is 24.9. The summed E-state index contributed by atoms with van der Waals surface area (Å²) in [5.74, 6) is 0.554. The lowest BCUT2D eigenvalue weighted by atomic mass is 10.0. The average Bonchev–Trinajstić information content (AvgIpc) is 2.78. The van der Waals surface area contributed by atoms with Gasteiger partial charge in [0.25, 0.3) is 0 Å². The maximum Gasteiger partial charge on any atom is 0.169 e. The third-order valence-corrected chi connectivity index (χ3v) is 3.54. The van der Waals surface area contributed by atoms with Gasteiger partial charge in [-0.2, -0.15) is 0 Å². The van der Waals surface area contributed by atoms with Gasteiger partial charge in [-0.05, 0) is 50.1 Å². The van der Waals surface area contributed by atoms with Gasteiger partial charge in [0.15, 0.2) is 4.67 Å². The number of benzene rings is 1. The van der Waals surface area contributed by atoms with Crippen LogP contribution in [-0.2, 0) is 0 Å². The fourth-order valence-corrected chi connectivity index (χ4v) is 2.29. The molecule has 0 bridgehead atoms. The van der Waals surface area contributed by atoms with E-state index in [1.54, 1.807) is 18.2 Å². The molecule has 2 aromatic rings. The maximum absolute atomic E-state index is 13.4. The third-order valence-electron chi connectivity index (χ3n) is 2.51. The van der Waals surface area contributed by atoms with Crippen LogP contribution in [0.1, 0.15) is 17.4 Å². The number of nitrogens with two attached hydrogens (primary N) is 1. The van der Waals surface area contributed by atoms with Crippen molar-refractivity contribution >= 4 is 31.9 Å². The normalized spacial score (nSPS) is 12.5. The Labute approximate surface area is 120 Å². The van der Waals surface area contributed by atoms with Gasteiger partial charge in [-0.15, -0.1) is 0 Å². The second kappa shape index (κ2) is 5.42. The van der Waals surface area contributed by atoms with Gasteiger partial charge in [0.1, 0.15) is 17.3 Å². The second-order valence-electron chi connectivity index (χ2n) is 3.63. The number of hydrogen-bond donors (Lipinski definition) is 1. The van der Waals surface area contributed by atoms with Crippen LogP contribution >= 0.6 is 31.9 Å². The molecule has 1 unspecified atom stereocenters. The Kier molecular flexibility index (Phi) is 4.09. The summed E-state index contributed by atoms with van der Waals surface area (Å²) in [4.78, 5) is 0. The highest BCUT2D eigenvalue weighted by molar-refractivity contribution is 9.10. The van der Waals surface area contributed by atoms with Gasteiger partial charge in [-0.25, -0.2) is 4.39 Å². The van der Waals surface area contributed by atoms with Crippen molar-refractivity contribution < 1.29 is 13.5 Å². The Hall–Kier alpha value is -0.850. The molecule has 1 aromatic heterocycles. The van der Waals surface area contributed by atoms with Gasteiger partial charge in [0.2, 0.25) is 0 Å². The van der Waals surface area contributed by atoms with E-state index in [-0.39, 0.29) is 0 Å². The van der Waals surface area contributed by atoms with Gasteiger partial charge in [-0.3, -0.25) is 0 Å². The minimum Gasteiger partial charge on any atom is -0.496 e. The summed E-state index contributed by atoms with van der Waals surface area (Å²) in [7, 11) is 1.47. The molecule has 2 N–H and O–H groups in total. The molecular formula is C12H10Br2FNO2. The molecule has 6 heteroatoms. The maximum atomic E-state index is 13.4. The number of methoxy groups -OCH3 is 1. The molecule has 0 saturated heterocycles. The van der Waals surface area contributed by atoms with Crippen LogP contribution < -0.4 is 10.5 Å². The molecule has 0 fully saturated rings. The summed E-state index contributed by atoms with van der Waals surface area (Å²) in [6.45, 7) is 0. The molecule has 0 saturated carbocycles. The van der Waals surface area contributed by atoms with Gasteiger partial charge >= 0.3 is 0 Å². The van der Waals surface area contributed by atoms with Crippen LogP contribution in [0.5, 0.6) is 5.75 Å². The Morgan fingerprint density at radius 2 is 2.06 bits per heavy atom. The van der Waals surface area contributed by atoms with Gasteiger partial charge in [0, 0.05) is 11.6 Å². The zero-order valence-electron chi connectivity index (χ0n) is 9.41. The number of furan rings is 1. The van der Waals surface area contributed by atoms with Crippen LogP contribution in [0, 0.1) is 5.82 Å². The van der Waals surface area contributed by atoms with Gasteiger partial charge in [-0.1, -0.05) is 0 Å². The van der Waals surface area contributed by atoms with E-state index >= 15 is 0 Å². The van der Waals surface area contributed by atoms with E-state index in [4.69, 9.17) is 14.9 Å². The summed E-state index contributed by atoms with van der Waals surface area (Å²) in [5.41, 5.74) is 6.73. The zero-order chi connectivity index (χ0) is 13.3. The number of ether oxygens (including phenoxy) is 1. The molecular weight excluding hydrogens is 369 g/mol. The van der Waals surface area contributed by atoms with Gasteiger partial charge < -0.3 is 14.9 Å². The zero-order valence-corrected chi connectivity index (χ0v) is 12.6. The predicted molar refractivity (Wildman–Crippen MR) is 73.1 cm³/mol. The smallest absolute Gasteiger partial charge is 0.169 e. The largest absolute Gasteiger partial charge is 0.496 e. The van der Waals surface area contributed by atoms with Crippen molar-refractivity contribution in [2.75, 3.05) is 7.11 Å². The fourth-order valence-electron chi connectivity index (χ4n) is 1.61. The van der Waals surface area contributed by atoms with E-state index in [9.17, 15) is 4.39 Å². The average molecular weight is 379 g/mol. The van der Waals surface area contributed by atoms with Crippen LogP contribution in [0.4, 0.5) is 4.39 Å². The standard InChI is InChI=1S/C12H10Br2FNO2/c1-17-10-5-8(15)7(13)4-6(10)12(16)9-2-3-11(14)18-9/h2-5,12H,16H2,1H3. The molecule has 2 rings (SSSR count). The van der Waals surface area contributed by atoms with Crippen molar-refractivity contribution in [1.29, 1.82) is 0 Å². The van der Waals surface area contributed by atoms with E-state index < -0.39 is 11.9 Å². The van der Waals surface area contributed by atoms with Crippen LogP contribution in [-0.4, -0.2) is 7.11 Å². The molecule has 1 aromatic carbocycles. The Bertz CT molecular complexity index is 571. The molecule has 0 aliphatic rings. The predicted octanol–water partition coefficient (Wildman–Crippen LogP) is 4.00. The second-order valence-corrected chi connectivity index (χ2v) is 5.26. The van der Waals surface area contributed by atoms with Crippen molar-refractivity contribution in [3.05, 3.63) is 50.5 Å². The molecule has 0 aliphatic carbocycles. The van der Waals surface area contributed by atoms with Crippen LogP contribution in [0.2, 0.25) is 0 Å². The van der Waals surface area contributed by atoms with Crippen molar-refractivity contribution in [1.82, 2.24) is 0 Å². The number of rotatable bonds is 3. The molecule has 96 valence electrons. The fraction of sp³-hybridized carbons (Fsp3) is 0.167. The van der Waals surface area contributed by atoms with E-state index in [0.29, 0.717) is 26.2 Å². The molecule has 0 aliphatic heterocycles. The Balaban J connectivity index is 2.46. The van der Waals surface area contributed by atoms with Crippen molar-refractivity contribution in [2.24, 2.45) is 5.73 Å². The Morgan fingerprint density at radius 1 is 1.33 bits per heavy atom. The van der Waals surface area contributed by atoms with E-state index in [1.807, 2.05) is 0 Å². The topological polar surface area (TPSA) is 48.4 Å². The van der Waals surface area contributed by atoms with Crippen LogP contribution in [0.15, 0.2) is 37.8 Å². The number of halogens is 3. The molecule has 0 spiro atoms. The minimum atomic E-state index is -0.525. The lowest BCUT2D eigenvalue weighted by Crippen LogP contribution is -2.12. The van der Waals surface area contributed by atoms with Crippen LogP contribution in [0.25, 0.3) is 0 Å². The summed E-state index contributed by atoms with van der Waals surface area (Å²) in [6.07, 6.45) is 0. The van der Waals surface area contributed by atoms with E-state index in [1.165, 1.54) is 13.2 Å². The molecule has 0 amide bonds. The first kappa shape index (κ1) is 13.6. The van der Waals surface area contributed by atoms with Crippen LogP contribution in [0.3, 0.4) is 0 Å². The summed E-state index contributed by atoms with van der Waals surface area (Å²) >= 11 is 6.34. The van der Waals surface area contributed by atoms with Crippen molar-refractivity contribution in [2.45, 2.75) is 6.04 Å². The summed E-state index contributed by atoms with van der Waals surface area (Å²) in [6, 6.07) is 5.86. The van der Waals surface area contributed by atoms with Crippen molar-refractivity contribution in [3.63, 3.8) is 0 Å². The monoisotopic (exact) mass is 377 g/mol.